The molecule has 1 amide bonds. The van der Waals surface area contributed by atoms with Crippen LogP contribution in [0.1, 0.15) is 42.6 Å². The lowest BCUT2D eigenvalue weighted by Crippen LogP contribution is -2.40. The molecule has 16 heavy (non-hydrogen) atoms. The molecule has 0 bridgehead atoms. The Hall–Kier alpha value is -1.03. The van der Waals surface area contributed by atoms with Crippen LogP contribution in [0.2, 0.25) is 0 Å². The second kappa shape index (κ2) is 5.34. The predicted octanol–water partition coefficient (Wildman–Crippen LogP) is 2.34. The number of nitrogens with zero attached hydrogens (tertiary/aromatic N) is 1. The van der Waals surface area contributed by atoms with Crippen molar-refractivity contribution in [2.24, 2.45) is 0 Å². The number of hydrogen-bond donors (Lipinski definition) is 1. The van der Waals surface area contributed by atoms with Gasteiger partial charge < -0.3 is 9.84 Å². The molecule has 2 rings (SSSR count). The molecule has 0 aliphatic heterocycles. The lowest BCUT2D eigenvalue weighted by molar-refractivity contribution is 0.0925. The van der Waals surface area contributed by atoms with Gasteiger partial charge in [-0.15, -0.1) is 11.6 Å². The fourth-order valence-electron chi connectivity index (χ4n) is 2.00. The monoisotopic (exact) mass is 242 g/mol. The fraction of sp³-hybridized carbons (Fsp3) is 0.636. The smallest absolute Gasteiger partial charge is 0.273 e. The minimum Gasteiger partial charge on any atom is -0.364 e. The molecule has 4 nitrogen and oxygen atoms in total. The van der Waals surface area contributed by atoms with Crippen LogP contribution in [0.5, 0.6) is 0 Å². The first-order chi connectivity index (χ1) is 7.77. The van der Waals surface area contributed by atoms with E-state index in [1.807, 2.05) is 0 Å². The Bertz CT molecular complexity index is 340. The summed E-state index contributed by atoms with van der Waals surface area (Å²) in [4.78, 5) is 11.7. The first-order valence-corrected chi connectivity index (χ1v) is 6.06. The average molecular weight is 243 g/mol. The number of amides is 1. The van der Waals surface area contributed by atoms with Crippen LogP contribution in [0.3, 0.4) is 0 Å². The van der Waals surface area contributed by atoms with Crippen LogP contribution in [0, 0.1) is 0 Å². The maximum atomic E-state index is 11.7. The van der Waals surface area contributed by atoms with Crippen molar-refractivity contribution >= 4 is 17.5 Å². The number of nitrogens with one attached hydrogen (secondary N) is 1. The van der Waals surface area contributed by atoms with E-state index in [0.29, 0.717) is 5.69 Å². The van der Waals surface area contributed by atoms with Crippen LogP contribution in [0.4, 0.5) is 0 Å². The molecule has 0 radical (unpaired) electrons. The second-order valence-electron chi connectivity index (χ2n) is 4.12. The molecule has 1 fully saturated rings. The highest BCUT2D eigenvalue weighted by atomic mass is 35.5. The van der Waals surface area contributed by atoms with Gasteiger partial charge in [-0.25, -0.2) is 0 Å². The molecular formula is C11H15ClN2O2. The summed E-state index contributed by atoms with van der Waals surface area (Å²) in [5.74, 6) is -0.202. The summed E-state index contributed by atoms with van der Waals surface area (Å²) in [6.07, 6.45) is 6.75. The molecule has 1 aliphatic rings. The number of carbonyl (C=O) groups excluding carboxylic acids is 1. The third-order valence-electron chi connectivity index (χ3n) is 2.92. The van der Waals surface area contributed by atoms with Gasteiger partial charge in [0.05, 0.1) is 5.38 Å². The highest BCUT2D eigenvalue weighted by Crippen LogP contribution is 2.22. The Morgan fingerprint density at radius 1 is 1.44 bits per heavy atom. The maximum Gasteiger partial charge on any atom is 0.273 e. The summed E-state index contributed by atoms with van der Waals surface area (Å²) in [7, 11) is 0. The molecule has 1 N–H and O–H groups in total. The van der Waals surface area contributed by atoms with E-state index < -0.39 is 0 Å². The van der Waals surface area contributed by atoms with E-state index in [2.05, 4.69) is 15.0 Å². The second-order valence-corrected chi connectivity index (χ2v) is 4.68. The molecule has 1 aliphatic carbocycles. The van der Waals surface area contributed by atoms with Crippen molar-refractivity contribution in [1.82, 2.24) is 10.5 Å². The fourth-order valence-corrected chi connectivity index (χ4v) is 2.34. The number of rotatable bonds is 2. The zero-order valence-electron chi connectivity index (χ0n) is 8.99. The molecule has 1 aromatic rings. The van der Waals surface area contributed by atoms with Gasteiger partial charge in [-0.1, -0.05) is 24.4 Å². The Balaban J connectivity index is 1.95. The quantitative estimate of drug-likeness (QED) is 0.640. The SMILES string of the molecule is O=C(NC1CCCCCC1Cl)c1ccon1. The minimum absolute atomic E-state index is 0.0263. The lowest BCUT2D eigenvalue weighted by atomic mass is 10.1. The van der Waals surface area contributed by atoms with E-state index in [0.717, 1.165) is 25.7 Å². The van der Waals surface area contributed by atoms with E-state index in [1.165, 1.54) is 12.7 Å². The van der Waals surface area contributed by atoms with Gasteiger partial charge in [0.15, 0.2) is 5.69 Å². The Labute approximate surface area is 99.3 Å². The average Bonchev–Trinajstić information content (AvgIpc) is 2.73. The van der Waals surface area contributed by atoms with Crippen LogP contribution in [0.15, 0.2) is 16.9 Å². The molecule has 0 aromatic carbocycles. The number of carbonyl (C=O) groups is 1. The van der Waals surface area contributed by atoms with Crippen molar-refractivity contribution in [2.75, 3.05) is 0 Å². The van der Waals surface area contributed by atoms with Crippen LogP contribution < -0.4 is 5.32 Å². The van der Waals surface area contributed by atoms with Crippen molar-refractivity contribution in [3.05, 3.63) is 18.0 Å². The van der Waals surface area contributed by atoms with Gasteiger partial charge in [0, 0.05) is 12.1 Å². The van der Waals surface area contributed by atoms with Crippen molar-refractivity contribution in [3.63, 3.8) is 0 Å². The number of halogens is 1. The van der Waals surface area contributed by atoms with Crippen molar-refractivity contribution in [3.8, 4) is 0 Å². The van der Waals surface area contributed by atoms with Gasteiger partial charge in [0.25, 0.3) is 5.91 Å². The lowest BCUT2D eigenvalue weighted by Gasteiger charge is -2.20. The highest BCUT2D eigenvalue weighted by Gasteiger charge is 2.24. The largest absolute Gasteiger partial charge is 0.364 e. The van der Waals surface area contributed by atoms with E-state index in [9.17, 15) is 4.79 Å². The van der Waals surface area contributed by atoms with Crippen molar-refractivity contribution < 1.29 is 9.32 Å². The van der Waals surface area contributed by atoms with E-state index >= 15 is 0 Å². The molecule has 0 spiro atoms. The molecular weight excluding hydrogens is 228 g/mol. The maximum absolute atomic E-state index is 11.7. The predicted molar refractivity (Wildman–Crippen MR) is 60.5 cm³/mol. The van der Waals surface area contributed by atoms with Crippen molar-refractivity contribution in [2.45, 2.75) is 43.5 Å². The third-order valence-corrected chi connectivity index (χ3v) is 3.44. The molecule has 88 valence electrons. The zero-order valence-corrected chi connectivity index (χ0v) is 9.74. The third kappa shape index (κ3) is 2.76. The summed E-state index contributed by atoms with van der Waals surface area (Å²) in [6, 6.07) is 1.60. The normalized spacial score (nSPS) is 26.1. The van der Waals surface area contributed by atoms with Crippen LogP contribution in [-0.2, 0) is 0 Å². The van der Waals surface area contributed by atoms with Crippen LogP contribution in [-0.4, -0.2) is 22.5 Å². The van der Waals surface area contributed by atoms with Crippen molar-refractivity contribution in [1.29, 1.82) is 0 Å². The first-order valence-electron chi connectivity index (χ1n) is 5.62. The van der Waals surface area contributed by atoms with Gasteiger partial charge >= 0.3 is 0 Å². The van der Waals surface area contributed by atoms with E-state index in [-0.39, 0.29) is 17.3 Å². The summed E-state index contributed by atoms with van der Waals surface area (Å²) in [5, 5.41) is 6.54. The number of alkyl halides is 1. The summed E-state index contributed by atoms with van der Waals surface area (Å²) < 4.78 is 4.63. The van der Waals surface area contributed by atoms with E-state index in [1.54, 1.807) is 6.07 Å². The molecule has 2 atom stereocenters. The summed E-state index contributed by atoms with van der Waals surface area (Å²) >= 11 is 6.23. The van der Waals surface area contributed by atoms with Gasteiger partial charge in [-0.2, -0.15) is 0 Å². The summed E-state index contributed by atoms with van der Waals surface area (Å²) in [6.45, 7) is 0. The Morgan fingerprint density at radius 3 is 3.00 bits per heavy atom. The van der Waals surface area contributed by atoms with E-state index in [4.69, 9.17) is 11.6 Å². The Kier molecular flexibility index (Phi) is 3.83. The number of aromatic nitrogens is 1. The highest BCUT2D eigenvalue weighted by molar-refractivity contribution is 6.21. The topological polar surface area (TPSA) is 55.1 Å². The van der Waals surface area contributed by atoms with Gasteiger partial charge in [-0.05, 0) is 12.8 Å². The molecule has 5 heteroatoms. The van der Waals surface area contributed by atoms with Gasteiger partial charge in [-0.3, -0.25) is 4.79 Å². The Morgan fingerprint density at radius 2 is 2.25 bits per heavy atom. The van der Waals surface area contributed by atoms with Crippen LogP contribution in [0.25, 0.3) is 0 Å². The molecule has 0 saturated heterocycles. The first kappa shape index (κ1) is 11.5. The van der Waals surface area contributed by atoms with Crippen LogP contribution >= 0.6 is 11.6 Å². The number of hydrogen-bond acceptors (Lipinski definition) is 3. The summed E-state index contributed by atoms with van der Waals surface area (Å²) in [5.41, 5.74) is 0.313. The minimum atomic E-state index is -0.202. The molecule has 2 unspecified atom stereocenters. The van der Waals surface area contributed by atoms with Gasteiger partial charge in [0.1, 0.15) is 6.26 Å². The molecule has 1 saturated carbocycles. The zero-order chi connectivity index (χ0) is 11.4. The van der Waals surface area contributed by atoms with Gasteiger partial charge in [0.2, 0.25) is 0 Å². The molecule has 1 heterocycles. The standard InChI is InChI=1S/C11H15ClN2O2/c12-8-4-2-1-3-5-9(8)13-11(15)10-6-7-16-14-10/h6-9H,1-5H2,(H,13,15). The molecule has 1 aromatic heterocycles.